The molecule has 0 aliphatic carbocycles. The van der Waals surface area contributed by atoms with Gasteiger partial charge in [0.1, 0.15) is 11.4 Å². The molecule has 0 fully saturated rings. The lowest BCUT2D eigenvalue weighted by Crippen LogP contribution is -2.19. The Morgan fingerprint density at radius 2 is 2.00 bits per heavy atom. The summed E-state index contributed by atoms with van der Waals surface area (Å²) in [7, 11) is 0. The summed E-state index contributed by atoms with van der Waals surface area (Å²) in [5.74, 6) is 0.166. The summed E-state index contributed by atoms with van der Waals surface area (Å²) in [5, 5.41) is 16.5. The van der Waals surface area contributed by atoms with Crippen LogP contribution in [0.25, 0.3) is 16.8 Å². The number of amides is 2. The summed E-state index contributed by atoms with van der Waals surface area (Å²) in [4.78, 5) is 22.1. The fourth-order valence-electron chi connectivity index (χ4n) is 2.37. The van der Waals surface area contributed by atoms with Gasteiger partial charge < -0.3 is 16.2 Å². The van der Waals surface area contributed by atoms with E-state index < -0.39 is 6.03 Å². The van der Waals surface area contributed by atoms with Crippen molar-refractivity contribution in [2.45, 2.75) is 0 Å². The number of aromatic nitrogens is 2. The van der Waals surface area contributed by atoms with Gasteiger partial charge in [0.15, 0.2) is 6.29 Å². The van der Waals surface area contributed by atoms with Crippen molar-refractivity contribution in [2.24, 2.45) is 5.73 Å². The van der Waals surface area contributed by atoms with E-state index in [2.05, 4.69) is 10.4 Å². The van der Waals surface area contributed by atoms with Crippen LogP contribution in [-0.2, 0) is 0 Å². The first-order valence-corrected chi connectivity index (χ1v) is 7.08. The highest BCUT2D eigenvalue weighted by atomic mass is 16.3. The van der Waals surface area contributed by atoms with Gasteiger partial charge in [0.25, 0.3) is 0 Å². The summed E-state index contributed by atoms with van der Waals surface area (Å²) in [5.41, 5.74) is 7.51. The number of anilines is 1. The number of phenols is 1. The van der Waals surface area contributed by atoms with Gasteiger partial charge in [0, 0.05) is 5.56 Å². The average molecular weight is 322 g/mol. The van der Waals surface area contributed by atoms with E-state index in [9.17, 15) is 14.7 Å². The van der Waals surface area contributed by atoms with E-state index in [0.717, 1.165) is 5.56 Å². The molecular weight excluding hydrogens is 308 g/mol. The first-order valence-electron chi connectivity index (χ1n) is 7.08. The second kappa shape index (κ2) is 6.25. The third kappa shape index (κ3) is 2.95. The van der Waals surface area contributed by atoms with E-state index in [4.69, 9.17) is 5.73 Å². The highest BCUT2D eigenvalue weighted by molar-refractivity contribution is 5.93. The second-order valence-electron chi connectivity index (χ2n) is 5.05. The number of carbonyl (C=O) groups is 2. The molecule has 2 aromatic carbocycles. The zero-order chi connectivity index (χ0) is 17.1. The van der Waals surface area contributed by atoms with Gasteiger partial charge in [-0.2, -0.15) is 5.10 Å². The minimum atomic E-state index is -0.777. The Hall–Kier alpha value is -3.61. The summed E-state index contributed by atoms with van der Waals surface area (Å²) in [6.07, 6.45) is 2.03. The quantitative estimate of drug-likeness (QED) is 0.641. The number of nitrogens with one attached hydrogen (secondary N) is 1. The number of hydrogen-bond acceptors (Lipinski definition) is 4. The van der Waals surface area contributed by atoms with Gasteiger partial charge in [-0.15, -0.1) is 0 Å². The van der Waals surface area contributed by atoms with Gasteiger partial charge in [-0.3, -0.25) is 4.79 Å². The summed E-state index contributed by atoms with van der Waals surface area (Å²) >= 11 is 0. The van der Waals surface area contributed by atoms with Gasteiger partial charge in [0.2, 0.25) is 0 Å². The number of nitrogens with two attached hydrogens (primary N) is 1. The Kier molecular flexibility index (Phi) is 3.98. The predicted octanol–water partition coefficient (Wildman–Crippen LogP) is 2.55. The normalized spacial score (nSPS) is 10.3. The molecular formula is C17H14N4O3. The minimum absolute atomic E-state index is 0.0711. The molecule has 0 aliphatic heterocycles. The molecule has 0 radical (unpaired) electrons. The monoisotopic (exact) mass is 322 g/mol. The number of benzene rings is 2. The SMILES string of the molecule is NC(=O)Nc1cn(-c2cccc(-c3ccccc3O)c2)nc1C=O. The van der Waals surface area contributed by atoms with E-state index in [1.807, 2.05) is 18.2 Å². The van der Waals surface area contributed by atoms with Crippen molar-refractivity contribution in [3.05, 3.63) is 60.4 Å². The van der Waals surface area contributed by atoms with Crippen LogP contribution in [0.4, 0.5) is 10.5 Å². The molecule has 0 aliphatic rings. The van der Waals surface area contributed by atoms with Crippen molar-refractivity contribution in [2.75, 3.05) is 5.32 Å². The molecule has 120 valence electrons. The molecule has 7 nitrogen and oxygen atoms in total. The number of urea groups is 1. The highest BCUT2D eigenvalue weighted by Gasteiger charge is 2.12. The first kappa shape index (κ1) is 15.3. The van der Waals surface area contributed by atoms with Crippen molar-refractivity contribution in [1.82, 2.24) is 9.78 Å². The molecule has 3 rings (SSSR count). The number of phenolic OH excluding ortho intramolecular Hbond substituents is 1. The van der Waals surface area contributed by atoms with Gasteiger partial charge >= 0.3 is 6.03 Å². The largest absolute Gasteiger partial charge is 0.507 e. The van der Waals surface area contributed by atoms with Crippen LogP contribution in [0.1, 0.15) is 10.5 Å². The van der Waals surface area contributed by atoms with E-state index >= 15 is 0 Å². The maximum Gasteiger partial charge on any atom is 0.316 e. The lowest BCUT2D eigenvalue weighted by atomic mass is 10.0. The molecule has 0 spiro atoms. The van der Waals surface area contributed by atoms with Gasteiger partial charge in [-0.1, -0.05) is 30.3 Å². The highest BCUT2D eigenvalue weighted by Crippen LogP contribution is 2.30. The Labute approximate surface area is 137 Å². The molecule has 24 heavy (non-hydrogen) atoms. The van der Waals surface area contributed by atoms with Gasteiger partial charge in [-0.05, 0) is 23.8 Å². The number of hydrogen-bond donors (Lipinski definition) is 3. The van der Waals surface area contributed by atoms with Crippen LogP contribution >= 0.6 is 0 Å². The molecule has 0 bridgehead atoms. The maximum absolute atomic E-state index is 11.1. The standard InChI is InChI=1S/C17H14N4O3/c18-17(24)19-14-9-21(20-15(14)10-22)12-5-3-4-11(8-12)13-6-1-2-7-16(13)23/h1-10,23H,(H3,18,19,24). The fourth-order valence-corrected chi connectivity index (χ4v) is 2.37. The number of nitrogens with zero attached hydrogens (tertiary/aromatic N) is 2. The average Bonchev–Trinajstić information content (AvgIpc) is 2.97. The Bertz CT molecular complexity index is 918. The Morgan fingerprint density at radius 3 is 2.71 bits per heavy atom. The van der Waals surface area contributed by atoms with Crippen molar-refractivity contribution < 1.29 is 14.7 Å². The van der Waals surface area contributed by atoms with Crippen molar-refractivity contribution >= 4 is 18.0 Å². The number of aromatic hydroxyl groups is 1. The van der Waals surface area contributed by atoms with E-state index in [-0.39, 0.29) is 17.1 Å². The van der Waals surface area contributed by atoms with Crippen LogP contribution in [0.2, 0.25) is 0 Å². The van der Waals surface area contributed by atoms with Crippen LogP contribution < -0.4 is 11.1 Å². The molecule has 1 heterocycles. The molecule has 1 aromatic heterocycles. The lowest BCUT2D eigenvalue weighted by Gasteiger charge is -2.07. The summed E-state index contributed by atoms with van der Waals surface area (Å²) in [6, 6.07) is 13.5. The van der Waals surface area contributed by atoms with E-state index in [1.165, 1.54) is 10.9 Å². The molecule has 7 heteroatoms. The fraction of sp³-hybridized carbons (Fsp3) is 0. The van der Waals surface area contributed by atoms with E-state index in [1.54, 1.807) is 30.3 Å². The number of para-hydroxylation sites is 1. The number of primary amides is 1. The summed E-state index contributed by atoms with van der Waals surface area (Å²) < 4.78 is 1.46. The molecule has 0 saturated heterocycles. The van der Waals surface area contributed by atoms with Crippen molar-refractivity contribution in [3.63, 3.8) is 0 Å². The van der Waals surface area contributed by atoms with Crippen LogP contribution in [0.5, 0.6) is 5.75 Å². The van der Waals surface area contributed by atoms with Crippen molar-refractivity contribution in [1.29, 1.82) is 0 Å². The third-order valence-electron chi connectivity index (χ3n) is 3.44. The third-order valence-corrected chi connectivity index (χ3v) is 3.44. The van der Waals surface area contributed by atoms with Crippen molar-refractivity contribution in [3.8, 4) is 22.6 Å². The van der Waals surface area contributed by atoms with Crippen LogP contribution in [-0.4, -0.2) is 27.2 Å². The maximum atomic E-state index is 11.1. The molecule has 0 atom stereocenters. The summed E-state index contributed by atoms with van der Waals surface area (Å²) in [6.45, 7) is 0. The topological polar surface area (TPSA) is 110 Å². The molecule has 4 N–H and O–H groups in total. The minimum Gasteiger partial charge on any atom is -0.507 e. The molecule has 2 amide bonds. The number of rotatable bonds is 4. The smallest absolute Gasteiger partial charge is 0.316 e. The lowest BCUT2D eigenvalue weighted by molar-refractivity contribution is 0.111. The van der Waals surface area contributed by atoms with Crippen LogP contribution in [0.15, 0.2) is 54.7 Å². The molecule has 0 unspecified atom stereocenters. The Balaban J connectivity index is 2.03. The van der Waals surface area contributed by atoms with Crippen LogP contribution in [0, 0.1) is 0 Å². The Morgan fingerprint density at radius 1 is 1.21 bits per heavy atom. The number of carbonyl (C=O) groups excluding carboxylic acids is 2. The zero-order valence-corrected chi connectivity index (χ0v) is 12.5. The zero-order valence-electron chi connectivity index (χ0n) is 12.5. The second-order valence-corrected chi connectivity index (χ2v) is 5.05. The van der Waals surface area contributed by atoms with E-state index in [0.29, 0.717) is 17.5 Å². The van der Waals surface area contributed by atoms with Gasteiger partial charge in [0.05, 0.1) is 17.6 Å². The number of aldehydes is 1. The first-order chi connectivity index (χ1) is 11.6. The molecule has 0 saturated carbocycles. The molecule has 3 aromatic rings. The predicted molar refractivity (Wildman–Crippen MR) is 89.3 cm³/mol. The van der Waals surface area contributed by atoms with Crippen LogP contribution in [0.3, 0.4) is 0 Å². The van der Waals surface area contributed by atoms with Gasteiger partial charge in [-0.25, -0.2) is 9.48 Å².